The van der Waals surface area contributed by atoms with Crippen LogP contribution in [-0.2, 0) is 0 Å². The van der Waals surface area contributed by atoms with Crippen LogP contribution >= 0.6 is 11.6 Å². The topological polar surface area (TPSA) is 35.0 Å². The van der Waals surface area contributed by atoms with Gasteiger partial charge in [0.2, 0.25) is 5.88 Å². The van der Waals surface area contributed by atoms with E-state index in [0.717, 1.165) is 11.1 Å². The highest BCUT2D eigenvalue weighted by molar-refractivity contribution is 6.34. The molecule has 25 heavy (non-hydrogen) atoms. The molecule has 0 bridgehead atoms. The van der Waals surface area contributed by atoms with E-state index in [0.29, 0.717) is 33.4 Å². The van der Waals surface area contributed by atoms with Gasteiger partial charge >= 0.3 is 0 Å². The van der Waals surface area contributed by atoms with Crippen molar-refractivity contribution in [1.29, 1.82) is 0 Å². The number of ether oxygens (including phenoxy) is 1. The van der Waals surface area contributed by atoms with Crippen molar-refractivity contribution in [1.82, 2.24) is 9.97 Å². The summed E-state index contributed by atoms with van der Waals surface area (Å²) in [5.41, 5.74) is 4.07. The number of nitrogens with zero attached hydrogens (tertiary/aromatic N) is 2. The molecule has 0 aliphatic heterocycles. The minimum absolute atomic E-state index is 0.453. The maximum Gasteiger partial charge on any atom is 0.241 e. The fourth-order valence-corrected chi connectivity index (χ4v) is 2.87. The normalized spacial score (nSPS) is 10.8. The summed E-state index contributed by atoms with van der Waals surface area (Å²) in [6, 6.07) is 24.5. The first-order valence-electron chi connectivity index (χ1n) is 7.89. The number of para-hydroxylation sites is 2. The number of hydrogen-bond acceptors (Lipinski definition) is 3. The second-order valence-electron chi connectivity index (χ2n) is 5.60. The molecule has 0 amide bonds. The molecule has 4 heteroatoms. The van der Waals surface area contributed by atoms with E-state index in [4.69, 9.17) is 16.3 Å². The zero-order valence-corrected chi connectivity index (χ0v) is 14.3. The minimum Gasteiger partial charge on any atom is -0.436 e. The maximum atomic E-state index is 6.20. The fourth-order valence-electron chi connectivity index (χ4n) is 2.66. The van der Waals surface area contributed by atoms with Crippen molar-refractivity contribution >= 4 is 22.6 Å². The van der Waals surface area contributed by atoms with Crippen LogP contribution in [0.3, 0.4) is 0 Å². The molecule has 0 unspecified atom stereocenters. The van der Waals surface area contributed by atoms with Gasteiger partial charge in [-0.3, -0.25) is 0 Å². The lowest BCUT2D eigenvalue weighted by Gasteiger charge is -2.12. The van der Waals surface area contributed by atoms with E-state index >= 15 is 0 Å². The molecule has 0 fully saturated rings. The van der Waals surface area contributed by atoms with Crippen molar-refractivity contribution in [2.45, 2.75) is 6.92 Å². The SMILES string of the molecule is Cc1nc2c(Cl)cccc2nc1Oc1[c]cccc1-c1ccccc1. The number of aryl methyl sites for hydroxylation is 1. The van der Waals surface area contributed by atoms with Crippen molar-refractivity contribution < 1.29 is 4.74 Å². The molecule has 0 saturated heterocycles. The molecule has 4 aromatic rings. The molecule has 0 aliphatic carbocycles. The Hall–Kier alpha value is -2.91. The van der Waals surface area contributed by atoms with Crippen LogP contribution in [0.4, 0.5) is 0 Å². The van der Waals surface area contributed by atoms with Crippen LogP contribution in [-0.4, -0.2) is 9.97 Å². The molecular formula is C21H14ClN2O. The molecular weight excluding hydrogens is 332 g/mol. The first kappa shape index (κ1) is 15.6. The van der Waals surface area contributed by atoms with Gasteiger partial charge < -0.3 is 4.74 Å². The van der Waals surface area contributed by atoms with Crippen molar-refractivity contribution in [3.63, 3.8) is 0 Å². The van der Waals surface area contributed by atoms with E-state index in [1.807, 2.05) is 67.6 Å². The van der Waals surface area contributed by atoms with Crippen LogP contribution < -0.4 is 4.74 Å². The first-order chi connectivity index (χ1) is 12.2. The number of hydrogen-bond donors (Lipinski definition) is 0. The molecule has 0 N–H and O–H groups in total. The Morgan fingerprint density at radius 2 is 1.76 bits per heavy atom. The number of rotatable bonds is 3. The van der Waals surface area contributed by atoms with Gasteiger partial charge in [-0.15, -0.1) is 0 Å². The Labute approximate surface area is 150 Å². The molecule has 1 aromatic heterocycles. The van der Waals surface area contributed by atoms with E-state index < -0.39 is 0 Å². The molecule has 3 aromatic carbocycles. The molecule has 4 rings (SSSR count). The Morgan fingerprint density at radius 3 is 2.60 bits per heavy atom. The van der Waals surface area contributed by atoms with Gasteiger partial charge in [0.1, 0.15) is 17.0 Å². The molecule has 3 nitrogen and oxygen atoms in total. The van der Waals surface area contributed by atoms with E-state index in [1.165, 1.54) is 0 Å². The quantitative estimate of drug-likeness (QED) is 0.467. The highest BCUT2D eigenvalue weighted by Gasteiger charge is 2.12. The van der Waals surface area contributed by atoms with Crippen molar-refractivity contribution in [2.24, 2.45) is 0 Å². The van der Waals surface area contributed by atoms with Gasteiger partial charge in [-0.1, -0.05) is 66.2 Å². The third-order valence-corrected chi connectivity index (χ3v) is 4.18. The Kier molecular flexibility index (Phi) is 4.08. The number of aromatic nitrogens is 2. The lowest BCUT2D eigenvalue weighted by Crippen LogP contribution is -1.97. The summed E-state index contributed by atoms with van der Waals surface area (Å²) < 4.78 is 6.07. The van der Waals surface area contributed by atoms with Crippen LogP contribution in [0, 0.1) is 13.0 Å². The van der Waals surface area contributed by atoms with Crippen LogP contribution in [0.2, 0.25) is 5.02 Å². The predicted molar refractivity (Wildman–Crippen MR) is 100 cm³/mol. The van der Waals surface area contributed by atoms with Gasteiger partial charge in [0.15, 0.2) is 0 Å². The van der Waals surface area contributed by atoms with E-state index in [1.54, 1.807) is 6.07 Å². The monoisotopic (exact) mass is 345 g/mol. The number of benzene rings is 3. The second kappa shape index (κ2) is 6.54. The lowest BCUT2D eigenvalue weighted by molar-refractivity contribution is 0.459. The summed E-state index contributed by atoms with van der Waals surface area (Å²) in [6.45, 7) is 1.86. The molecule has 1 radical (unpaired) electrons. The van der Waals surface area contributed by atoms with E-state index in [-0.39, 0.29) is 0 Å². The third kappa shape index (κ3) is 3.06. The first-order valence-corrected chi connectivity index (χ1v) is 8.27. The average molecular weight is 346 g/mol. The van der Waals surface area contributed by atoms with Gasteiger partial charge in [0, 0.05) is 11.6 Å². The smallest absolute Gasteiger partial charge is 0.241 e. The van der Waals surface area contributed by atoms with E-state index in [2.05, 4.69) is 16.0 Å². The van der Waals surface area contributed by atoms with Crippen molar-refractivity contribution in [2.75, 3.05) is 0 Å². The zero-order chi connectivity index (χ0) is 17.2. The van der Waals surface area contributed by atoms with Crippen LogP contribution in [0.25, 0.3) is 22.2 Å². The van der Waals surface area contributed by atoms with Crippen molar-refractivity contribution in [3.05, 3.63) is 83.5 Å². The molecule has 1 heterocycles. The second-order valence-corrected chi connectivity index (χ2v) is 6.01. The van der Waals surface area contributed by atoms with Gasteiger partial charge in [-0.25, -0.2) is 9.97 Å². The fraction of sp³-hybridized carbons (Fsp3) is 0.0476. The number of halogens is 1. The summed E-state index contributed by atoms with van der Waals surface area (Å²) >= 11 is 6.20. The predicted octanol–water partition coefficient (Wildman–Crippen LogP) is 5.85. The zero-order valence-electron chi connectivity index (χ0n) is 13.5. The molecule has 0 spiro atoms. The van der Waals surface area contributed by atoms with Gasteiger partial charge in [0.25, 0.3) is 0 Å². The van der Waals surface area contributed by atoms with Crippen molar-refractivity contribution in [3.8, 4) is 22.8 Å². The standard InChI is InChI=1S/C21H14ClN2O/c1-14-21(24-18-12-7-11-17(22)20(18)23-14)25-19-13-6-5-10-16(19)15-8-3-2-4-9-15/h2-12H,1H3. The summed E-state index contributed by atoms with van der Waals surface area (Å²) in [5, 5.41) is 0.580. The van der Waals surface area contributed by atoms with Crippen LogP contribution in [0.1, 0.15) is 5.69 Å². The highest BCUT2D eigenvalue weighted by atomic mass is 35.5. The van der Waals surface area contributed by atoms with Crippen LogP contribution in [0.15, 0.2) is 66.7 Å². The summed E-state index contributed by atoms with van der Waals surface area (Å²) in [7, 11) is 0. The lowest BCUT2D eigenvalue weighted by atomic mass is 10.1. The van der Waals surface area contributed by atoms with Gasteiger partial charge in [-0.2, -0.15) is 0 Å². The molecule has 0 atom stereocenters. The molecule has 121 valence electrons. The average Bonchev–Trinajstić information content (AvgIpc) is 2.64. The minimum atomic E-state index is 0.453. The van der Waals surface area contributed by atoms with E-state index in [9.17, 15) is 0 Å². The third-order valence-electron chi connectivity index (χ3n) is 3.88. The highest BCUT2D eigenvalue weighted by Crippen LogP contribution is 2.33. The Morgan fingerprint density at radius 1 is 0.920 bits per heavy atom. The summed E-state index contributed by atoms with van der Waals surface area (Å²) in [5.74, 6) is 1.07. The molecule has 0 aliphatic rings. The summed E-state index contributed by atoms with van der Waals surface area (Å²) in [4.78, 5) is 9.12. The van der Waals surface area contributed by atoms with Gasteiger partial charge in [-0.05, 0) is 24.6 Å². The summed E-state index contributed by atoms with van der Waals surface area (Å²) in [6.07, 6.45) is 0. The number of fused-ring (bicyclic) bond motifs is 1. The Bertz CT molecular complexity index is 1050. The largest absolute Gasteiger partial charge is 0.436 e. The Balaban J connectivity index is 1.79. The van der Waals surface area contributed by atoms with Gasteiger partial charge in [0.05, 0.1) is 10.5 Å². The molecule has 0 saturated carbocycles. The maximum absolute atomic E-state index is 6.20. The van der Waals surface area contributed by atoms with Crippen LogP contribution in [0.5, 0.6) is 11.6 Å².